The Hall–Kier alpha value is -2.38. The zero-order valence-electron chi connectivity index (χ0n) is 12.8. The number of likely N-dealkylation sites (tertiary alicyclic amines) is 1. The van der Waals surface area contributed by atoms with Gasteiger partial charge in [-0.15, -0.1) is 0 Å². The number of aryl methyl sites for hydroxylation is 1. The van der Waals surface area contributed by atoms with E-state index in [0.717, 1.165) is 30.3 Å². The van der Waals surface area contributed by atoms with Gasteiger partial charge < -0.3 is 14.6 Å². The molecule has 3 rings (SSSR count). The molecule has 1 saturated carbocycles. The molecule has 0 aromatic carbocycles. The average Bonchev–Trinajstić information content (AvgIpc) is 2.90. The Balaban J connectivity index is 2.02. The Labute approximate surface area is 131 Å². The van der Waals surface area contributed by atoms with Crippen LogP contribution in [0.4, 0.5) is 0 Å². The molecule has 1 saturated heterocycles. The molecule has 8 nitrogen and oxygen atoms in total. The summed E-state index contributed by atoms with van der Waals surface area (Å²) >= 11 is 0. The highest BCUT2D eigenvalue weighted by Crippen LogP contribution is 2.40. The number of fused-ring (bicyclic) bond motifs is 1. The maximum Gasteiger partial charge on any atom is 0.328 e. The van der Waals surface area contributed by atoms with Crippen LogP contribution in [0.5, 0.6) is 0 Å². The molecule has 2 N–H and O–H groups in total. The Morgan fingerprint density at radius 3 is 2.65 bits per heavy atom. The summed E-state index contributed by atoms with van der Waals surface area (Å²) in [6, 6.07) is -1.05. The Kier molecular flexibility index (Phi) is 3.83. The quantitative estimate of drug-likeness (QED) is 0.792. The number of hydrogen-bond acceptors (Lipinski definition) is 4. The van der Waals surface area contributed by atoms with E-state index in [1.54, 1.807) is 0 Å². The largest absolute Gasteiger partial charge is 0.480 e. The van der Waals surface area contributed by atoms with Gasteiger partial charge in [0.1, 0.15) is 11.6 Å². The summed E-state index contributed by atoms with van der Waals surface area (Å²) in [6.07, 6.45) is 5.25. The maximum atomic E-state index is 12.8. The molecular weight excluding hydrogens is 302 g/mol. The van der Waals surface area contributed by atoms with Crippen LogP contribution in [0.25, 0.3) is 0 Å². The van der Waals surface area contributed by atoms with E-state index in [2.05, 4.69) is 4.98 Å². The Morgan fingerprint density at radius 2 is 1.96 bits per heavy atom. The van der Waals surface area contributed by atoms with Gasteiger partial charge in [0.2, 0.25) is 0 Å². The number of nitrogens with zero attached hydrogens (tertiary/aromatic N) is 2. The number of carbonyl (C=O) groups is 2. The normalized spacial score (nSPS) is 26.8. The summed E-state index contributed by atoms with van der Waals surface area (Å²) in [5.41, 5.74) is -1.58. The first-order valence-electron chi connectivity index (χ1n) is 7.75. The first kappa shape index (κ1) is 15.5. The zero-order chi connectivity index (χ0) is 16.7. The number of amides is 1. The Morgan fingerprint density at radius 1 is 1.26 bits per heavy atom. The molecule has 8 heteroatoms. The predicted molar refractivity (Wildman–Crippen MR) is 80.3 cm³/mol. The van der Waals surface area contributed by atoms with Gasteiger partial charge in [0.25, 0.3) is 11.5 Å². The second kappa shape index (κ2) is 5.68. The van der Waals surface area contributed by atoms with Gasteiger partial charge in [-0.3, -0.25) is 14.6 Å². The van der Waals surface area contributed by atoms with Crippen molar-refractivity contribution in [2.75, 3.05) is 0 Å². The van der Waals surface area contributed by atoms with Gasteiger partial charge in [0.05, 0.1) is 0 Å². The summed E-state index contributed by atoms with van der Waals surface area (Å²) < 4.78 is 1.11. The minimum absolute atomic E-state index is 0.144. The summed E-state index contributed by atoms with van der Waals surface area (Å²) in [5, 5.41) is 9.46. The van der Waals surface area contributed by atoms with Crippen molar-refractivity contribution in [3.05, 3.63) is 32.6 Å². The van der Waals surface area contributed by atoms with E-state index in [0.29, 0.717) is 6.42 Å². The van der Waals surface area contributed by atoms with E-state index in [1.165, 1.54) is 18.1 Å². The molecule has 1 amide bonds. The van der Waals surface area contributed by atoms with Gasteiger partial charge in [-0.1, -0.05) is 12.8 Å². The number of H-pyrrole nitrogens is 1. The average molecular weight is 321 g/mol. The molecule has 1 aromatic rings. The van der Waals surface area contributed by atoms with Gasteiger partial charge >= 0.3 is 11.7 Å². The lowest BCUT2D eigenvalue weighted by molar-refractivity contribution is -0.141. The van der Waals surface area contributed by atoms with Crippen LogP contribution < -0.4 is 11.2 Å². The summed E-state index contributed by atoms with van der Waals surface area (Å²) in [7, 11) is 1.43. The summed E-state index contributed by atoms with van der Waals surface area (Å²) in [6.45, 7) is 0. The molecule has 0 radical (unpaired) electrons. The highest BCUT2D eigenvalue weighted by Gasteiger charge is 2.48. The molecular formula is C15H19N3O5. The number of carbonyl (C=O) groups excluding carboxylic acids is 1. The van der Waals surface area contributed by atoms with Gasteiger partial charge in [-0.2, -0.15) is 0 Å². The predicted octanol–water partition coefficient (Wildman–Crippen LogP) is -0.0685. The molecule has 3 atom stereocenters. The van der Waals surface area contributed by atoms with Crippen LogP contribution in [0.3, 0.4) is 0 Å². The van der Waals surface area contributed by atoms with Crippen LogP contribution in [0.2, 0.25) is 0 Å². The highest BCUT2D eigenvalue weighted by molar-refractivity contribution is 5.96. The lowest BCUT2D eigenvalue weighted by Gasteiger charge is -2.32. The topological polar surface area (TPSA) is 112 Å². The number of rotatable bonds is 2. The van der Waals surface area contributed by atoms with E-state index < -0.39 is 29.2 Å². The molecule has 2 aliphatic rings. The fourth-order valence-electron chi connectivity index (χ4n) is 3.83. The lowest BCUT2D eigenvalue weighted by atomic mass is 9.84. The van der Waals surface area contributed by atoms with Crippen molar-refractivity contribution < 1.29 is 14.7 Å². The summed E-state index contributed by atoms with van der Waals surface area (Å²) in [5.74, 6) is -1.49. The SMILES string of the molecule is Cn1cc(C(=O)N2C(C(=O)O)CC3CCCCC32)c(=O)[nH]c1=O. The first-order chi connectivity index (χ1) is 10.9. The summed E-state index contributed by atoms with van der Waals surface area (Å²) in [4.78, 5) is 51.2. The molecule has 3 unspecified atom stereocenters. The molecule has 0 bridgehead atoms. The van der Waals surface area contributed by atoms with Gasteiger partial charge in [0.15, 0.2) is 0 Å². The number of carboxylic acids is 1. The smallest absolute Gasteiger partial charge is 0.328 e. The maximum absolute atomic E-state index is 12.8. The monoisotopic (exact) mass is 321 g/mol. The van der Waals surface area contributed by atoms with Crippen molar-refractivity contribution in [3.63, 3.8) is 0 Å². The van der Waals surface area contributed by atoms with Gasteiger partial charge in [-0.05, 0) is 25.2 Å². The standard InChI is InChI=1S/C15H19N3O5/c1-17-7-9(12(19)16-15(17)23)13(20)18-10-5-3-2-4-8(10)6-11(18)14(21)22/h7-8,10-11H,2-6H2,1H3,(H,21,22)(H,16,19,23). The van der Waals surface area contributed by atoms with Crippen LogP contribution >= 0.6 is 0 Å². The third-order valence-electron chi connectivity index (χ3n) is 4.95. The number of carboxylic acid groups (broad SMARTS) is 1. The van der Waals surface area contributed by atoms with E-state index in [1.807, 2.05) is 0 Å². The number of aliphatic carboxylic acids is 1. The van der Waals surface area contributed by atoms with Crippen molar-refractivity contribution in [3.8, 4) is 0 Å². The van der Waals surface area contributed by atoms with Crippen molar-refractivity contribution >= 4 is 11.9 Å². The number of hydrogen-bond donors (Lipinski definition) is 2. The van der Waals surface area contributed by atoms with Crippen molar-refractivity contribution in [1.82, 2.24) is 14.5 Å². The lowest BCUT2D eigenvalue weighted by Crippen LogP contribution is -2.48. The van der Waals surface area contributed by atoms with E-state index >= 15 is 0 Å². The minimum Gasteiger partial charge on any atom is -0.480 e. The van der Waals surface area contributed by atoms with Crippen molar-refractivity contribution in [2.45, 2.75) is 44.2 Å². The van der Waals surface area contributed by atoms with Crippen LogP contribution in [-0.2, 0) is 11.8 Å². The molecule has 1 aliphatic heterocycles. The highest BCUT2D eigenvalue weighted by atomic mass is 16.4. The molecule has 1 aromatic heterocycles. The second-order valence-corrected chi connectivity index (χ2v) is 6.33. The molecule has 23 heavy (non-hydrogen) atoms. The zero-order valence-corrected chi connectivity index (χ0v) is 12.8. The second-order valence-electron chi connectivity index (χ2n) is 6.33. The molecule has 2 fully saturated rings. The van der Waals surface area contributed by atoms with Crippen LogP contribution in [0.15, 0.2) is 15.8 Å². The van der Waals surface area contributed by atoms with Gasteiger partial charge in [-0.25, -0.2) is 9.59 Å². The number of aromatic nitrogens is 2. The van der Waals surface area contributed by atoms with Crippen molar-refractivity contribution in [2.24, 2.45) is 13.0 Å². The molecule has 124 valence electrons. The minimum atomic E-state index is -1.05. The molecule has 1 aliphatic carbocycles. The fourth-order valence-corrected chi connectivity index (χ4v) is 3.83. The molecule has 2 heterocycles. The third-order valence-corrected chi connectivity index (χ3v) is 4.95. The van der Waals surface area contributed by atoms with Crippen LogP contribution in [0, 0.1) is 5.92 Å². The Bertz CT molecular complexity index is 765. The van der Waals surface area contributed by atoms with E-state index in [9.17, 15) is 24.3 Å². The van der Waals surface area contributed by atoms with E-state index in [-0.39, 0.29) is 17.5 Å². The van der Waals surface area contributed by atoms with Crippen LogP contribution in [-0.4, -0.2) is 43.5 Å². The number of aromatic amines is 1. The third kappa shape index (κ3) is 2.58. The van der Waals surface area contributed by atoms with Crippen molar-refractivity contribution in [1.29, 1.82) is 0 Å². The van der Waals surface area contributed by atoms with Crippen LogP contribution in [0.1, 0.15) is 42.5 Å². The van der Waals surface area contributed by atoms with Gasteiger partial charge in [0, 0.05) is 19.3 Å². The number of nitrogens with one attached hydrogen (secondary N) is 1. The molecule has 0 spiro atoms. The first-order valence-corrected chi connectivity index (χ1v) is 7.75. The fraction of sp³-hybridized carbons (Fsp3) is 0.600. The van der Waals surface area contributed by atoms with E-state index in [4.69, 9.17) is 0 Å².